The van der Waals surface area contributed by atoms with Gasteiger partial charge in [-0.2, -0.15) is 5.10 Å². The summed E-state index contributed by atoms with van der Waals surface area (Å²) in [5.41, 5.74) is 2.46. The predicted octanol–water partition coefficient (Wildman–Crippen LogP) is 3.46. The first-order valence-electron chi connectivity index (χ1n) is 9.82. The van der Waals surface area contributed by atoms with Crippen molar-refractivity contribution in [2.45, 2.75) is 44.4 Å². The Morgan fingerprint density at radius 3 is 3.04 bits per heavy atom. The quantitative estimate of drug-likeness (QED) is 0.562. The summed E-state index contributed by atoms with van der Waals surface area (Å²) in [7, 11) is 0. The second kappa shape index (κ2) is 7.35. The zero-order valence-electron chi connectivity index (χ0n) is 15.5. The van der Waals surface area contributed by atoms with E-state index in [1.165, 1.54) is 19.3 Å². The summed E-state index contributed by atoms with van der Waals surface area (Å²) < 4.78 is 3.92. The maximum atomic E-state index is 12.9. The van der Waals surface area contributed by atoms with Gasteiger partial charge in [0, 0.05) is 30.5 Å². The fourth-order valence-corrected chi connectivity index (χ4v) is 4.94. The highest BCUT2D eigenvalue weighted by Crippen LogP contribution is 2.33. The topological polar surface area (TPSA) is 76.6 Å². The molecule has 144 valence electrons. The Labute approximate surface area is 166 Å². The van der Waals surface area contributed by atoms with Crippen LogP contribution >= 0.6 is 11.3 Å². The number of carbonyl (C=O) groups excluding carboxylic acids is 1. The van der Waals surface area contributed by atoms with Gasteiger partial charge in [-0.05, 0) is 25.0 Å². The van der Waals surface area contributed by atoms with Crippen LogP contribution in [0.15, 0.2) is 36.1 Å². The van der Waals surface area contributed by atoms with Gasteiger partial charge in [-0.3, -0.25) is 4.79 Å². The normalized spacial score (nSPS) is 15.4. The molecule has 5 rings (SSSR count). The standard InChI is InChI=1S/C20H22N6OS/c27-19(21-10-9-15-12-28-20-22-13-23-26(15)20)17-16-8-4-5-11-25(16)18(24-17)14-6-2-1-3-7-14/h4-5,8,11-14H,1-3,6-7,9-10H2,(H,21,27). The molecule has 1 aliphatic rings. The molecule has 1 N–H and O–H groups in total. The van der Waals surface area contributed by atoms with Crippen molar-refractivity contribution in [2.75, 3.05) is 6.54 Å². The van der Waals surface area contributed by atoms with Crippen LogP contribution in [0.2, 0.25) is 0 Å². The van der Waals surface area contributed by atoms with Gasteiger partial charge >= 0.3 is 0 Å². The number of rotatable bonds is 5. The van der Waals surface area contributed by atoms with Crippen molar-refractivity contribution in [3.63, 3.8) is 0 Å². The lowest BCUT2D eigenvalue weighted by molar-refractivity contribution is 0.0951. The molecule has 1 saturated carbocycles. The van der Waals surface area contributed by atoms with Gasteiger partial charge in [0.15, 0.2) is 5.69 Å². The minimum absolute atomic E-state index is 0.115. The summed E-state index contributed by atoms with van der Waals surface area (Å²) in [6.45, 7) is 0.537. The molecule has 0 radical (unpaired) electrons. The van der Waals surface area contributed by atoms with Crippen molar-refractivity contribution in [1.29, 1.82) is 0 Å². The van der Waals surface area contributed by atoms with E-state index in [0.29, 0.717) is 24.6 Å². The molecule has 4 aromatic rings. The SMILES string of the molecule is O=C(NCCc1csc2ncnn12)c1nc(C2CCCCC2)n2ccccc12. The Bertz CT molecular complexity index is 1120. The number of hydrogen-bond donors (Lipinski definition) is 1. The zero-order valence-corrected chi connectivity index (χ0v) is 16.4. The molecule has 1 amide bonds. The molecule has 28 heavy (non-hydrogen) atoms. The van der Waals surface area contributed by atoms with Crippen molar-refractivity contribution in [3.8, 4) is 0 Å². The molecular formula is C20H22N6OS. The van der Waals surface area contributed by atoms with E-state index in [0.717, 1.165) is 34.8 Å². The Kier molecular flexibility index (Phi) is 4.56. The van der Waals surface area contributed by atoms with Crippen LogP contribution in [0.3, 0.4) is 0 Å². The van der Waals surface area contributed by atoms with E-state index in [1.54, 1.807) is 17.7 Å². The fourth-order valence-electron chi connectivity index (χ4n) is 4.11. The smallest absolute Gasteiger partial charge is 0.272 e. The third-order valence-electron chi connectivity index (χ3n) is 5.52. The number of fused-ring (bicyclic) bond motifs is 2. The van der Waals surface area contributed by atoms with Gasteiger partial charge in [0.1, 0.15) is 12.2 Å². The lowest BCUT2D eigenvalue weighted by Crippen LogP contribution is -2.26. The van der Waals surface area contributed by atoms with Crippen LogP contribution in [0.25, 0.3) is 10.5 Å². The Balaban J connectivity index is 1.34. The van der Waals surface area contributed by atoms with E-state index in [9.17, 15) is 4.79 Å². The largest absolute Gasteiger partial charge is 0.350 e. The first kappa shape index (κ1) is 17.4. The molecule has 0 unspecified atom stereocenters. The van der Waals surface area contributed by atoms with Crippen molar-refractivity contribution >= 4 is 27.7 Å². The second-order valence-electron chi connectivity index (χ2n) is 7.30. The molecule has 4 aromatic heterocycles. The molecule has 1 aliphatic carbocycles. The number of nitrogens with zero attached hydrogens (tertiary/aromatic N) is 5. The molecule has 0 spiro atoms. The lowest BCUT2D eigenvalue weighted by Gasteiger charge is -2.20. The van der Waals surface area contributed by atoms with Gasteiger partial charge < -0.3 is 9.72 Å². The van der Waals surface area contributed by atoms with E-state index in [2.05, 4.69) is 19.8 Å². The van der Waals surface area contributed by atoms with Gasteiger partial charge in [-0.1, -0.05) is 25.3 Å². The second-order valence-corrected chi connectivity index (χ2v) is 8.13. The Morgan fingerprint density at radius 2 is 2.14 bits per heavy atom. The van der Waals surface area contributed by atoms with E-state index >= 15 is 0 Å². The fraction of sp³-hybridized carbons (Fsp3) is 0.400. The number of aromatic nitrogens is 5. The molecule has 0 bridgehead atoms. The third-order valence-corrected chi connectivity index (χ3v) is 6.40. The minimum Gasteiger partial charge on any atom is -0.350 e. The summed E-state index contributed by atoms with van der Waals surface area (Å²) in [5, 5.41) is 9.29. The summed E-state index contributed by atoms with van der Waals surface area (Å²) in [6, 6.07) is 5.94. The number of hydrogen-bond acceptors (Lipinski definition) is 5. The van der Waals surface area contributed by atoms with Crippen LogP contribution in [0.4, 0.5) is 0 Å². The Morgan fingerprint density at radius 1 is 1.25 bits per heavy atom. The van der Waals surface area contributed by atoms with Crippen LogP contribution < -0.4 is 5.32 Å². The molecule has 0 atom stereocenters. The average molecular weight is 395 g/mol. The molecular weight excluding hydrogens is 372 g/mol. The number of carbonyl (C=O) groups is 1. The first-order valence-corrected chi connectivity index (χ1v) is 10.7. The highest BCUT2D eigenvalue weighted by Gasteiger charge is 2.24. The van der Waals surface area contributed by atoms with Gasteiger partial charge in [-0.15, -0.1) is 11.3 Å². The third kappa shape index (κ3) is 3.07. The summed E-state index contributed by atoms with van der Waals surface area (Å²) in [4.78, 5) is 22.7. The van der Waals surface area contributed by atoms with E-state index in [-0.39, 0.29) is 5.91 Å². The highest BCUT2D eigenvalue weighted by molar-refractivity contribution is 7.15. The Hall–Kier alpha value is -2.74. The van der Waals surface area contributed by atoms with Crippen molar-refractivity contribution in [2.24, 2.45) is 0 Å². The van der Waals surface area contributed by atoms with Crippen molar-refractivity contribution in [1.82, 2.24) is 29.3 Å². The number of imidazole rings is 1. The maximum absolute atomic E-state index is 12.9. The van der Waals surface area contributed by atoms with Gasteiger partial charge in [0.05, 0.1) is 11.2 Å². The van der Waals surface area contributed by atoms with Gasteiger partial charge in [0.25, 0.3) is 5.91 Å². The zero-order chi connectivity index (χ0) is 18.9. The maximum Gasteiger partial charge on any atom is 0.272 e. The monoisotopic (exact) mass is 394 g/mol. The lowest BCUT2D eigenvalue weighted by atomic mass is 9.89. The summed E-state index contributed by atoms with van der Waals surface area (Å²) >= 11 is 1.56. The number of amides is 1. The highest BCUT2D eigenvalue weighted by atomic mass is 32.1. The molecule has 4 heterocycles. The molecule has 1 fully saturated rings. The van der Waals surface area contributed by atoms with Crippen molar-refractivity contribution in [3.05, 3.63) is 53.3 Å². The summed E-state index contributed by atoms with van der Waals surface area (Å²) in [6.07, 6.45) is 10.4. The molecule has 0 aromatic carbocycles. The molecule has 8 heteroatoms. The summed E-state index contributed by atoms with van der Waals surface area (Å²) in [5.74, 6) is 1.36. The van der Waals surface area contributed by atoms with Crippen LogP contribution in [-0.2, 0) is 6.42 Å². The molecule has 7 nitrogen and oxygen atoms in total. The van der Waals surface area contributed by atoms with E-state index < -0.39 is 0 Å². The number of pyridine rings is 1. The van der Waals surface area contributed by atoms with Crippen LogP contribution in [0.1, 0.15) is 60.0 Å². The van der Waals surface area contributed by atoms with Crippen molar-refractivity contribution < 1.29 is 4.79 Å². The first-order chi connectivity index (χ1) is 13.8. The van der Waals surface area contributed by atoms with Gasteiger partial charge in [-0.25, -0.2) is 14.5 Å². The van der Waals surface area contributed by atoms with Crippen LogP contribution in [-0.4, -0.2) is 36.4 Å². The van der Waals surface area contributed by atoms with Gasteiger partial charge in [0.2, 0.25) is 4.96 Å². The van der Waals surface area contributed by atoms with E-state index in [1.807, 2.05) is 34.3 Å². The number of nitrogens with one attached hydrogen (secondary N) is 1. The molecule has 0 aliphatic heterocycles. The average Bonchev–Trinajstić information content (AvgIpc) is 3.44. The minimum atomic E-state index is -0.115. The van der Waals surface area contributed by atoms with Crippen LogP contribution in [0.5, 0.6) is 0 Å². The molecule has 0 saturated heterocycles. The predicted molar refractivity (Wildman–Crippen MR) is 108 cm³/mol. The van der Waals surface area contributed by atoms with Crippen LogP contribution in [0, 0.1) is 0 Å². The van der Waals surface area contributed by atoms with E-state index in [4.69, 9.17) is 4.98 Å². The number of thiazole rings is 1.